The number of carbonyl (C=O) groups excluding carboxylic acids is 3. The molecule has 2 saturated heterocycles. The van der Waals surface area contributed by atoms with Crippen LogP contribution in [0.5, 0.6) is 0 Å². The number of hydrogen-bond donors (Lipinski definition) is 2. The third kappa shape index (κ3) is 3.94. The van der Waals surface area contributed by atoms with Gasteiger partial charge >= 0.3 is 6.09 Å². The van der Waals surface area contributed by atoms with E-state index in [1.807, 2.05) is 6.07 Å². The zero-order valence-corrected chi connectivity index (χ0v) is 14.2. The van der Waals surface area contributed by atoms with Gasteiger partial charge in [0.15, 0.2) is 0 Å². The molecule has 2 aliphatic heterocycles. The van der Waals surface area contributed by atoms with E-state index in [-0.39, 0.29) is 25.4 Å². The number of hydrogen-bond acceptors (Lipinski definition) is 6. The molecule has 1 atom stereocenters. The molecule has 1 aromatic rings. The second-order valence-corrected chi connectivity index (χ2v) is 6.06. The molecule has 9 nitrogen and oxygen atoms in total. The van der Waals surface area contributed by atoms with Crippen LogP contribution in [0.15, 0.2) is 30.3 Å². The minimum atomic E-state index is -2.23. The smallest absolute Gasteiger partial charge is 0.407 e. The lowest BCUT2D eigenvalue weighted by atomic mass is 10.2. The van der Waals surface area contributed by atoms with Crippen LogP contribution in [0.25, 0.3) is 0 Å². The van der Waals surface area contributed by atoms with E-state index in [1.165, 1.54) is 4.90 Å². The predicted octanol–water partition coefficient (Wildman–Crippen LogP) is -0.303. The molecule has 0 spiro atoms. The fraction of sp³-hybridized carbons (Fsp3) is 0.471. The van der Waals surface area contributed by atoms with Crippen molar-refractivity contribution in [1.82, 2.24) is 10.2 Å². The first-order valence-electron chi connectivity index (χ1n) is 8.41. The Hall–Kier alpha value is -2.65. The van der Waals surface area contributed by atoms with Gasteiger partial charge in [-0.15, -0.1) is 0 Å². The van der Waals surface area contributed by atoms with Gasteiger partial charge in [-0.3, -0.25) is 9.59 Å². The molecule has 3 amide bonds. The molecule has 140 valence electrons. The number of para-hydroxylation sites is 1. The average Bonchev–Trinajstić information content (AvgIpc) is 2.96. The molecule has 3 rings (SSSR count). The number of aliphatic hydroxyl groups is 1. The third-order valence-electron chi connectivity index (χ3n) is 4.33. The zero-order chi connectivity index (χ0) is 18.6. The monoisotopic (exact) mass is 363 g/mol. The number of benzene rings is 1. The summed E-state index contributed by atoms with van der Waals surface area (Å²) in [6, 6.07) is 8.80. The number of morpholine rings is 1. The fourth-order valence-corrected chi connectivity index (χ4v) is 2.89. The van der Waals surface area contributed by atoms with Gasteiger partial charge in [0.25, 0.3) is 11.7 Å². The Balaban J connectivity index is 1.52. The third-order valence-corrected chi connectivity index (χ3v) is 4.33. The van der Waals surface area contributed by atoms with Crippen LogP contribution in [-0.4, -0.2) is 73.1 Å². The Morgan fingerprint density at radius 2 is 1.88 bits per heavy atom. The number of nitrogens with zero attached hydrogens (tertiary/aromatic N) is 2. The number of alkyl carbamates (subject to hydrolysis) is 1. The van der Waals surface area contributed by atoms with Crippen molar-refractivity contribution >= 4 is 23.6 Å². The number of nitrogens with one attached hydrogen (secondary N) is 1. The van der Waals surface area contributed by atoms with Crippen molar-refractivity contribution in [3.63, 3.8) is 0 Å². The SMILES string of the molecule is O=C(NCC(=O)N1CCOCC1)O[C@@]1(O)CCN(c2ccccc2)C1=O. The van der Waals surface area contributed by atoms with Crippen molar-refractivity contribution in [2.45, 2.75) is 12.2 Å². The van der Waals surface area contributed by atoms with Crippen molar-refractivity contribution in [1.29, 1.82) is 0 Å². The number of carbonyl (C=O) groups is 3. The second-order valence-electron chi connectivity index (χ2n) is 6.06. The highest BCUT2D eigenvalue weighted by Crippen LogP contribution is 2.29. The van der Waals surface area contributed by atoms with Crippen LogP contribution in [0, 0.1) is 0 Å². The van der Waals surface area contributed by atoms with E-state index >= 15 is 0 Å². The number of ether oxygens (including phenoxy) is 2. The van der Waals surface area contributed by atoms with Crippen molar-refractivity contribution in [2.75, 3.05) is 44.3 Å². The van der Waals surface area contributed by atoms with Crippen LogP contribution in [0.4, 0.5) is 10.5 Å². The standard InChI is InChI=1S/C17H21N3O6/c21-14(19-8-10-25-11-9-19)12-18-16(23)26-17(24)6-7-20(15(17)22)13-4-2-1-3-5-13/h1-5,24H,6-12H2,(H,18,23)/t17-/m0/s1. The van der Waals surface area contributed by atoms with Gasteiger partial charge in [0.2, 0.25) is 5.91 Å². The van der Waals surface area contributed by atoms with E-state index in [0.29, 0.717) is 32.0 Å². The van der Waals surface area contributed by atoms with Crippen molar-refractivity contribution in [3.8, 4) is 0 Å². The number of amides is 3. The van der Waals surface area contributed by atoms with Crippen LogP contribution in [-0.2, 0) is 19.1 Å². The maximum atomic E-state index is 12.4. The molecular formula is C17H21N3O6. The van der Waals surface area contributed by atoms with Crippen molar-refractivity contribution < 1.29 is 29.0 Å². The topological polar surface area (TPSA) is 108 Å². The van der Waals surface area contributed by atoms with Gasteiger partial charge in [-0.1, -0.05) is 18.2 Å². The summed E-state index contributed by atoms with van der Waals surface area (Å²) in [5, 5.41) is 12.7. The molecular weight excluding hydrogens is 342 g/mol. The van der Waals surface area contributed by atoms with Gasteiger partial charge in [0.05, 0.1) is 13.2 Å². The molecule has 0 saturated carbocycles. The van der Waals surface area contributed by atoms with Gasteiger partial charge in [-0.2, -0.15) is 0 Å². The lowest BCUT2D eigenvalue weighted by Crippen LogP contribution is -2.49. The molecule has 2 fully saturated rings. The largest absolute Gasteiger partial charge is 0.410 e. The molecule has 0 bridgehead atoms. The first-order valence-corrected chi connectivity index (χ1v) is 8.41. The summed E-state index contributed by atoms with van der Waals surface area (Å²) in [4.78, 5) is 39.3. The van der Waals surface area contributed by atoms with Crippen LogP contribution in [0.2, 0.25) is 0 Å². The molecule has 0 radical (unpaired) electrons. The Labute approximate surface area is 150 Å². The molecule has 0 aromatic heterocycles. The Kier molecular flexibility index (Phi) is 5.38. The van der Waals surface area contributed by atoms with Crippen LogP contribution in [0.3, 0.4) is 0 Å². The highest BCUT2D eigenvalue weighted by Gasteiger charge is 2.49. The Morgan fingerprint density at radius 3 is 2.58 bits per heavy atom. The maximum absolute atomic E-state index is 12.4. The van der Waals surface area contributed by atoms with Crippen LogP contribution < -0.4 is 10.2 Å². The predicted molar refractivity (Wildman–Crippen MR) is 90.2 cm³/mol. The van der Waals surface area contributed by atoms with Crippen molar-refractivity contribution in [2.24, 2.45) is 0 Å². The second kappa shape index (κ2) is 7.71. The fourth-order valence-electron chi connectivity index (χ4n) is 2.89. The summed E-state index contributed by atoms with van der Waals surface area (Å²) in [5.41, 5.74) is 0.611. The summed E-state index contributed by atoms with van der Waals surface area (Å²) in [6.07, 6.45) is -1.07. The van der Waals surface area contributed by atoms with E-state index in [4.69, 9.17) is 9.47 Å². The first kappa shape index (κ1) is 18.2. The maximum Gasteiger partial charge on any atom is 0.410 e. The van der Waals surface area contributed by atoms with Gasteiger partial charge in [0, 0.05) is 31.7 Å². The van der Waals surface area contributed by atoms with Gasteiger partial charge < -0.3 is 29.7 Å². The first-order chi connectivity index (χ1) is 12.5. The molecule has 1 aromatic carbocycles. The molecule has 9 heteroatoms. The summed E-state index contributed by atoms with van der Waals surface area (Å²) in [6.45, 7) is 1.79. The quantitative estimate of drug-likeness (QED) is 0.711. The van der Waals surface area contributed by atoms with Crippen molar-refractivity contribution in [3.05, 3.63) is 30.3 Å². The number of anilines is 1. The molecule has 26 heavy (non-hydrogen) atoms. The van der Waals surface area contributed by atoms with E-state index in [9.17, 15) is 19.5 Å². The molecule has 2 heterocycles. The molecule has 0 aliphatic carbocycles. The number of rotatable bonds is 4. The highest BCUT2D eigenvalue weighted by molar-refractivity contribution is 6.01. The highest BCUT2D eigenvalue weighted by atomic mass is 16.7. The summed E-state index contributed by atoms with van der Waals surface area (Å²) in [7, 11) is 0. The average molecular weight is 363 g/mol. The Morgan fingerprint density at radius 1 is 1.19 bits per heavy atom. The minimum Gasteiger partial charge on any atom is -0.407 e. The van der Waals surface area contributed by atoms with Crippen LogP contribution in [0.1, 0.15) is 6.42 Å². The molecule has 0 unspecified atom stereocenters. The molecule has 2 N–H and O–H groups in total. The lowest BCUT2D eigenvalue weighted by molar-refractivity contribution is -0.175. The van der Waals surface area contributed by atoms with E-state index in [2.05, 4.69) is 5.32 Å². The van der Waals surface area contributed by atoms with E-state index < -0.39 is 17.8 Å². The van der Waals surface area contributed by atoms with E-state index in [1.54, 1.807) is 29.2 Å². The van der Waals surface area contributed by atoms with Gasteiger partial charge in [-0.05, 0) is 12.1 Å². The summed E-state index contributed by atoms with van der Waals surface area (Å²) in [5.74, 6) is -3.22. The van der Waals surface area contributed by atoms with Gasteiger partial charge in [-0.25, -0.2) is 4.79 Å². The summed E-state index contributed by atoms with van der Waals surface area (Å²) < 4.78 is 10.1. The minimum absolute atomic E-state index is 0.0500. The Bertz CT molecular complexity index is 676. The molecule has 2 aliphatic rings. The lowest BCUT2D eigenvalue weighted by Gasteiger charge is -2.27. The van der Waals surface area contributed by atoms with Gasteiger partial charge in [0.1, 0.15) is 6.54 Å². The van der Waals surface area contributed by atoms with Crippen LogP contribution >= 0.6 is 0 Å². The zero-order valence-electron chi connectivity index (χ0n) is 14.2. The normalized spacial score (nSPS) is 23.0. The van der Waals surface area contributed by atoms with E-state index in [0.717, 1.165) is 0 Å². The summed E-state index contributed by atoms with van der Waals surface area (Å²) >= 11 is 0.